The van der Waals surface area contributed by atoms with Crippen LogP contribution in [0, 0.1) is 0 Å². The van der Waals surface area contributed by atoms with E-state index < -0.39 is 21.0 Å². The molecule has 3 aromatic rings. The van der Waals surface area contributed by atoms with Gasteiger partial charge in [0.1, 0.15) is 14.4 Å². The second-order valence-corrected chi connectivity index (χ2v) is 11.0. The molecule has 1 aliphatic rings. The first-order chi connectivity index (χ1) is 15.8. The van der Waals surface area contributed by atoms with Gasteiger partial charge in [0.2, 0.25) is 0 Å². The van der Waals surface area contributed by atoms with Crippen LogP contribution in [0.25, 0.3) is 6.08 Å². The molecule has 3 heterocycles. The van der Waals surface area contributed by atoms with E-state index in [4.69, 9.17) is 5.73 Å². The number of hydrogen-bond acceptors (Lipinski definition) is 5. The molecule has 0 spiro atoms. The number of carbonyl (C=O) groups is 1. The number of hydrogen-bond donors (Lipinski definition) is 1. The van der Waals surface area contributed by atoms with Crippen LogP contribution in [0.3, 0.4) is 0 Å². The Bertz CT molecular complexity index is 1410. The van der Waals surface area contributed by atoms with Crippen molar-refractivity contribution < 1.29 is 24.2 Å². The molecular weight excluding hydrogens is 495 g/mol. The SMILES string of the molecule is C=CCN(C(=O)c1sc2c(c1N)=CCC(c1cccnc1)N=2)c1cccc(S(F)(F)(F)(F)F)c1. The molecule has 0 radical (unpaired) electrons. The van der Waals surface area contributed by atoms with Crippen LogP contribution in [0.1, 0.15) is 27.7 Å². The molecule has 0 fully saturated rings. The zero-order valence-corrected chi connectivity index (χ0v) is 19.1. The van der Waals surface area contributed by atoms with E-state index in [2.05, 4.69) is 16.6 Å². The van der Waals surface area contributed by atoms with Crippen LogP contribution in [0.4, 0.5) is 30.8 Å². The smallest absolute Gasteiger partial charge is 0.310 e. The van der Waals surface area contributed by atoms with E-state index >= 15 is 0 Å². The predicted molar refractivity (Wildman–Crippen MR) is 125 cm³/mol. The van der Waals surface area contributed by atoms with Gasteiger partial charge in [0, 0.05) is 29.8 Å². The zero-order chi connectivity index (χ0) is 24.8. The third-order valence-electron chi connectivity index (χ3n) is 5.18. The topological polar surface area (TPSA) is 71.6 Å². The van der Waals surface area contributed by atoms with Crippen molar-refractivity contribution >= 4 is 44.9 Å². The fourth-order valence-corrected chi connectivity index (χ4v) is 5.33. The maximum atomic E-state index is 13.3. The van der Waals surface area contributed by atoms with Gasteiger partial charge < -0.3 is 10.6 Å². The van der Waals surface area contributed by atoms with Gasteiger partial charge in [-0.25, -0.2) is 0 Å². The quantitative estimate of drug-likeness (QED) is 0.336. The maximum Gasteiger partial charge on any atom is 0.310 e. The Balaban J connectivity index is 1.76. The number of amides is 1. The first-order valence-electron chi connectivity index (χ1n) is 9.91. The molecule has 0 aliphatic carbocycles. The Kier molecular flexibility index (Phi) is 5.37. The number of aromatic nitrogens is 1. The molecule has 12 heteroatoms. The van der Waals surface area contributed by atoms with Crippen LogP contribution < -0.4 is 20.5 Å². The van der Waals surface area contributed by atoms with Crippen LogP contribution in [-0.2, 0) is 0 Å². The van der Waals surface area contributed by atoms with Gasteiger partial charge in [-0.1, -0.05) is 43.7 Å². The van der Waals surface area contributed by atoms with Crippen LogP contribution in [0.5, 0.6) is 0 Å². The summed E-state index contributed by atoms with van der Waals surface area (Å²) < 4.78 is 67.2. The molecule has 0 saturated heterocycles. The third-order valence-corrected chi connectivity index (χ3v) is 7.44. The lowest BCUT2D eigenvalue weighted by Crippen LogP contribution is -2.31. The Labute approximate surface area is 195 Å². The molecular formula is C22H19F5N4OS2. The minimum Gasteiger partial charge on any atom is -0.397 e. The van der Waals surface area contributed by atoms with Gasteiger partial charge in [-0.3, -0.25) is 14.8 Å². The van der Waals surface area contributed by atoms with Crippen molar-refractivity contribution in [1.82, 2.24) is 4.98 Å². The second kappa shape index (κ2) is 7.64. The summed E-state index contributed by atoms with van der Waals surface area (Å²) in [6, 6.07) is 5.96. The minimum absolute atomic E-state index is 0.0523. The average Bonchev–Trinajstić information content (AvgIpc) is 3.12. The van der Waals surface area contributed by atoms with Crippen LogP contribution in [0.2, 0.25) is 0 Å². The van der Waals surface area contributed by atoms with Crippen LogP contribution in [-0.4, -0.2) is 17.4 Å². The molecule has 1 aromatic carbocycles. The van der Waals surface area contributed by atoms with E-state index in [1.54, 1.807) is 18.5 Å². The van der Waals surface area contributed by atoms with Gasteiger partial charge >= 0.3 is 10.2 Å². The fraction of sp³-hybridized carbons (Fsp3) is 0.136. The number of nitrogens with zero attached hydrogens (tertiary/aromatic N) is 3. The molecule has 1 amide bonds. The van der Waals surface area contributed by atoms with E-state index in [-0.39, 0.29) is 41.0 Å². The summed E-state index contributed by atoms with van der Waals surface area (Å²) in [7, 11) is -9.94. The van der Waals surface area contributed by atoms with Gasteiger partial charge in [0.05, 0.1) is 11.7 Å². The summed E-state index contributed by atoms with van der Waals surface area (Å²) in [5, 5.41) is 0.563. The summed E-state index contributed by atoms with van der Waals surface area (Å²) in [6.07, 6.45) is 6.97. The highest BCUT2D eigenvalue weighted by Crippen LogP contribution is 3.02. The van der Waals surface area contributed by atoms with E-state index in [1.807, 2.05) is 12.1 Å². The number of nitrogens with two attached hydrogens (primary N) is 1. The first-order valence-corrected chi connectivity index (χ1v) is 12.7. The Morgan fingerprint density at radius 3 is 2.65 bits per heavy atom. The molecule has 5 nitrogen and oxygen atoms in total. The number of rotatable bonds is 6. The fourth-order valence-electron chi connectivity index (χ4n) is 3.55. The van der Waals surface area contributed by atoms with Crippen molar-refractivity contribution in [3.63, 3.8) is 0 Å². The highest BCUT2D eigenvalue weighted by molar-refractivity contribution is 8.45. The molecule has 2 N–H and O–H groups in total. The number of benzene rings is 1. The lowest BCUT2D eigenvalue weighted by molar-refractivity contribution is 0.0994. The second-order valence-electron chi connectivity index (χ2n) is 7.61. The summed E-state index contributed by atoms with van der Waals surface area (Å²) >= 11 is 0.994. The van der Waals surface area contributed by atoms with Crippen LogP contribution >= 0.6 is 21.6 Å². The molecule has 0 saturated carbocycles. The highest BCUT2D eigenvalue weighted by Gasteiger charge is 2.65. The van der Waals surface area contributed by atoms with Gasteiger partial charge in [-0.05, 0) is 36.2 Å². The molecule has 1 unspecified atom stereocenters. The maximum absolute atomic E-state index is 13.3. The molecule has 0 bridgehead atoms. The van der Waals surface area contributed by atoms with Crippen molar-refractivity contribution in [2.45, 2.75) is 17.4 Å². The van der Waals surface area contributed by atoms with Crippen molar-refractivity contribution in [3.05, 3.63) is 81.8 Å². The minimum atomic E-state index is -9.94. The number of nitrogen functional groups attached to an aromatic ring is 1. The Hall–Kier alpha value is -3.25. The van der Waals surface area contributed by atoms with Crippen molar-refractivity contribution in [2.24, 2.45) is 4.99 Å². The van der Waals surface area contributed by atoms with Gasteiger partial charge in [0.15, 0.2) is 0 Å². The number of halogens is 5. The summed E-state index contributed by atoms with van der Waals surface area (Å²) in [5.41, 5.74) is 6.87. The number of anilines is 2. The van der Waals surface area contributed by atoms with E-state index in [9.17, 15) is 24.2 Å². The normalized spacial score (nSPS) is 17.4. The Morgan fingerprint density at radius 1 is 1.24 bits per heavy atom. The summed E-state index contributed by atoms with van der Waals surface area (Å²) in [5.74, 6) is -0.738. The summed E-state index contributed by atoms with van der Waals surface area (Å²) in [4.78, 5) is 21.0. The summed E-state index contributed by atoms with van der Waals surface area (Å²) in [6.45, 7) is 3.30. The van der Waals surface area contributed by atoms with Gasteiger partial charge in [-0.15, -0.1) is 17.9 Å². The van der Waals surface area contributed by atoms with E-state index in [1.165, 1.54) is 6.08 Å². The van der Waals surface area contributed by atoms with Crippen LogP contribution in [0.15, 0.2) is 71.3 Å². The largest absolute Gasteiger partial charge is 0.397 e. The molecule has 1 atom stereocenters. The molecule has 180 valence electrons. The third kappa shape index (κ3) is 4.68. The number of pyridine rings is 1. The molecule has 2 aromatic heterocycles. The Morgan fingerprint density at radius 2 is 2.00 bits per heavy atom. The van der Waals surface area contributed by atoms with E-state index in [0.29, 0.717) is 16.3 Å². The monoisotopic (exact) mass is 514 g/mol. The standard InChI is InChI=1S/C22H19F5N4OS2/c1-2-11-31(15-6-3-7-16(12-15)34(23,24,25,26)27)22(32)20-19(28)17-8-9-18(30-21(17)33-20)14-5-4-10-29-13-14/h2-8,10,12-13,18H,1,9,11,28H2. The highest BCUT2D eigenvalue weighted by atomic mass is 32.5. The lowest BCUT2D eigenvalue weighted by atomic mass is 10.0. The predicted octanol–water partition coefficient (Wildman–Crippen LogP) is 5.76. The molecule has 4 rings (SSSR count). The average molecular weight is 515 g/mol. The van der Waals surface area contributed by atoms with Gasteiger partial charge in [-0.2, -0.15) is 0 Å². The zero-order valence-electron chi connectivity index (χ0n) is 17.5. The number of fused-ring (bicyclic) bond motifs is 1. The first kappa shape index (κ1) is 23.9. The number of carbonyl (C=O) groups excluding carboxylic acids is 1. The van der Waals surface area contributed by atoms with Crippen molar-refractivity contribution in [2.75, 3.05) is 17.2 Å². The molecule has 1 aliphatic heterocycles. The lowest BCUT2D eigenvalue weighted by Gasteiger charge is -2.41. The van der Waals surface area contributed by atoms with Crippen molar-refractivity contribution in [1.29, 1.82) is 0 Å². The van der Waals surface area contributed by atoms with E-state index in [0.717, 1.165) is 33.9 Å². The molecule has 34 heavy (non-hydrogen) atoms. The van der Waals surface area contributed by atoms with Crippen molar-refractivity contribution in [3.8, 4) is 0 Å². The number of thiophene rings is 1. The van der Waals surface area contributed by atoms with Gasteiger partial charge in [0.25, 0.3) is 5.91 Å².